The highest BCUT2D eigenvalue weighted by Crippen LogP contribution is 2.31. The van der Waals surface area contributed by atoms with E-state index in [9.17, 15) is 4.79 Å². The minimum atomic E-state index is -0.216. The Morgan fingerprint density at radius 2 is 1.57 bits per heavy atom. The van der Waals surface area contributed by atoms with Crippen LogP contribution in [0, 0.1) is 23.7 Å². The lowest BCUT2D eigenvalue weighted by Gasteiger charge is -2.21. The zero-order chi connectivity index (χ0) is 27.0. The topological polar surface area (TPSA) is 96.8 Å². The second-order valence-corrected chi connectivity index (χ2v) is 10.9. The molecule has 0 unspecified atom stereocenters. The molecule has 4 N–H and O–H groups in total. The van der Waals surface area contributed by atoms with Crippen LogP contribution in [0.3, 0.4) is 0 Å². The van der Waals surface area contributed by atoms with Gasteiger partial charge in [-0.3, -0.25) is 4.79 Å². The van der Waals surface area contributed by atoms with E-state index in [-0.39, 0.29) is 23.3 Å². The molecule has 1 aromatic rings. The Bertz CT molecular complexity index is 733. The van der Waals surface area contributed by atoms with Gasteiger partial charge in [-0.2, -0.15) is 0 Å². The standard InChI is InChI=1S/C25H41NO4.C4H11N/c1-18(2)21(10-7-8-11-22(19(3)4)25(26)27)16-20-12-13-23(29-6)24(17-20)30-15-9-14-28-5;1-4(2,3)5/h7-8,12-13,17-19,21-22H,9-11,14-16H2,1-6H3,(H2,26,27);5H2,1-3H3/b8-7+;/t21-,22+;/m1./s1. The second-order valence-electron chi connectivity index (χ2n) is 10.9. The van der Waals surface area contributed by atoms with Gasteiger partial charge in [0.25, 0.3) is 0 Å². The highest BCUT2D eigenvalue weighted by molar-refractivity contribution is 5.77. The van der Waals surface area contributed by atoms with Gasteiger partial charge in [-0.15, -0.1) is 0 Å². The molecular weight excluding hydrogens is 440 g/mol. The summed E-state index contributed by atoms with van der Waals surface area (Å²) in [6.07, 6.45) is 7.80. The molecule has 0 saturated heterocycles. The molecule has 0 saturated carbocycles. The summed E-state index contributed by atoms with van der Waals surface area (Å²) >= 11 is 0. The molecule has 0 aliphatic carbocycles. The average molecular weight is 493 g/mol. The van der Waals surface area contributed by atoms with E-state index in [4.69, 9.17) is 25.7 Å². The molecule has 202 valence electrons. The molecule has 6 nitrogen and oxygen atoms in total. The largest absolute Gasteiger partial charge is 0.493 e. The van der Waals surface area contributed by atoms with Gasteiger partial charge in [-0.1, -0.05) is 45.9 Å². The molecule has 6 heteroatoms. The van der Waals surface area contributed by atoms with E-state index in [0.717, 1.165) is 30.8 Å². The quantitative estimate of drug-likeness (QED) is 0.239. The normalized spacial score (nSPS) is 13.5. The van der Waals surface area contributed by atoms with Crippen LogP contribution in [0.4, 0.5) is 0 Å². The van der Waals surface area contributed by atoms with Crippen molar-refractivity contribution in [2.24, 2.45) is 35.1 Å². The van der Waals surface area contributed by atoms with Crippen molar-refractivity contribution in [3.05, 3.63) is 35.9 Å². The lowest BCUT2D eigenvalue weighted by atomic mass is 9.86. The van der Waals surface area contributed by atoms with Crippen molar-refractivity contribution < 1.29 is 19.0 Å². The minimum Gasteiger partial charge on any atom is -0.493 e. The van der Waals surface area contributed by atoms with Crippen molar-refractivity contribution in [1.29, 1.82) is 0 Å². The number of carbonyl (C=O) groups excluding carboxylic acids is 1. The van der Waals surface area contributed by atoms with Gasteiger partial charge in [0.15, 0.2) is 11.5 Å². The Morgan fingerprint density at radius 1 is 0.971 bits per heavy atom. The van der Waals surface area contributed by atoms with Crippen LogP contribution in [-0.4, -0.2) is 38.9 Å². The zero-order valence-electron chi connectivity index (χ0n) is 23.7. The van der Waals surface area contributed by atoms with Crippen LogP contribution in [0.1, 0.15) is 73.3 Å². The number of hydrogen-bond donors (Lipinski definition) is 2. The van der Waals surface area contributed by atoms with Gasteiger partial charge in [0.2, 0.25) is 5.91 Å². The van der Waals surface area contributed by atoms with Crippen LogP contribution in [-0.2, 0) is 16.0 Å². The summed E-state index contributed by atoms with van der Waals surface area (Å²) in [7, 11) is 3.35. The predicted octanol–water partition coefficient (Wildman–Crippen LogP) is 5.76. The first-order valence-corrected chi connectivity index (χ1v) is 12.8. The van der Waals surface area contributed by atoms with Gasteiger partial charge in [0, 0.05) is 31.6 Å². The maximum atomic E-state index is 11.6. The Hall–Kier alpha value is -2.05. The minimum absolute atomic E-state index is 0. The summed E-state index contributed by atoms with van der Waals surface area (Å²) in [5.41, 5.74) is 12.1. The summed E-state index contributed by atoms with van der Waals surface area (Å²) < 4.78 is 16.4. The molecule has 0 radical (unpaired) electrons. The summed E-state index contributed by atoms with van der Waals surface area (Å²) in [6.45, 7) is 15.8. The third-order valence-corrected chi connectivity index (χ3v) is 5.58. The molecule has 0 aliphatic rings. The maximum Gasteiger partial charge on any atom is 0.221 e. The Kier molecular flexibility index (Phi) is 16.4. The first-order chi connectivity index (χ1) is 16.3. The van der Waals surface area contributed by atoms with Crippen molar-refractivity contribution >= 4 is 5.91 Å². The van der Waals surface area contributed by atoms with Crippen LogP contribution in [0.15, 0.2) is 30.4 Å². The molecule has 0 spiro atoms. The van der Waals surface area contributed by atoms with E-state index in [0.29, 0.717) is 31.5 Å². The monoisotopic (exact) mass is 492 g/mol. The van der Waals surface area contributed by atoms with Crippen LogP contribution in [0.5, 0.6) is 11.5 Å². The van der Waals surface area contributed by atoms with E-state index in [1.165, 1.54) is 5.56 Å². The molecule has 1 rings (SSSR count). The molecule has 0 aliphatic heterocycles. The summed E-state index contributed by atoms with van der Waals surface area (Å²) in [4.78, 5) is 11.6. The molecule has 1 amide bonds. The SMILES string of the molecule is CC(C)(C)N.COCCCOc1cc(C[C@@H](C/C=C/C[C@H](C(N)=O)C(C)C)C(C)C)ccc1OC. The Morgan fingerprint density at radius 3 is 2.06 bits per heavy atom. The van der Waals surface area contributed by atoms with Crippen LogP contribution >= 0.6 is 0 Å². The number of primary amides is 1. The van der Waals surface area contributed by atoms with Gasteiger partial charge in [-0.25, -0.2) is 0 Å². The number of nitrogens with two attached hydrogens (primary N) is 2. The van der Waals surface area contributed by atoms with Crippen LogP contribution in [0.25, 0.3) is 0 Å². The van der Waals surface area contributed by atoms with Gasteiger partial charge < -0.3 is 25.7 Å². The summed E-state index contributed by atoms with van der Waals surface area (Å²) in [6, 6.07) is 6.18. The molecule has 2 atom stereocenters. The average Bonchev–Trinajstić information content (AvgIpc) is 2.74. The number of methoxy groups -OCH3 is 2. The van der Waals surface area contributed by atoms with Crippen molar-refractivity contribution in [2.75, 3.05) is 27.4 Å². The summed E-state index contributed by atoms with van der Waals surface area (Å²) in [5.74, 6) is 2.52. The van der Waals surface area contributed by atoms with Crippen molar-refractivity contribution in [2.45, 2.75) is 79.7 Å². The van der Waals surface area contributed by atoms with E-state index < -0.39 is 0 Å². The number of rotatable bonds is 15. The number of ether oxygens (including phenoxy) is 3. The molecule has 0 aromatic heterocycles. The molecule has 1 aromatic carbocycles. The van der Waals surface area contributed by atoms with Crippen LogP contribution in [0.2, 0.25) is 0 Å². The van der Waals surface area contributed by atoms with E-state index in [2.05, 4.69) is 38.1 Å². The fourth-order valence-electron chi connectivity index (χ4n) is 3.47. The van der Waals surface area contributed by atoms with Crippen LogP contribution < -0.4 is 20.9 Å². The summed E-state index contributed by atoms with van der Waals surface area (Å²) in [5, 5.41) is 0. The first kappa shape index (κ1) is 33.0. The van der Waals surface area contributed by atoms with E-state index in [1.807, 2.05) is 40.7 Å². The van der Waals surface area contributed by atoms with Gasteiger partial charge in [0.05, 0.1) is 13.7 Å². The van der Waals surface area contributed by atoms with Crippen molar-refractivity contribution in [3.63, 3.8) is 0 Å². The number of carbonyl (C=O) groups is 1. The fraction of sp³-hybridized carbons (Fsp3) is 0.690. The molecule has 0 heterocycles. The predicted molar refractivity (Wildman–Crippen MR) is 147 cm³/mol. The lowest BCUT2D eigenvalue weighted by Crippen LogP contribution is -2.26. The van der Waals surface area contributed by atoms with E-state index >= 15 is 0 Å². The van der Waals surface area contributed by atoms with Gasteiger partial charge in [0.1, 0.15) is 0 Å². The Labute approximate surface area is 214 Å². The molecule has 0 fully saturated rings. The molecule has 0 bridgehead atoms. The van der Waals surface area contributed by atoms with E-state index in [1.54, 1.807) is 14.2 Å². The van der Waals surface area contributed by atoms with Gasteiger partial charge in [-0.05, 0) is 75.5 Å². The van der Waals surface area contributed by atoms with Gasteiger partial charge >= 0.3 is 0 Å². The highest BCUT2D eigenvalue weighted by Gasteiger charge is 2.18. The number of hydrogen-bond acceptors (Lipinski definition) is 5. The Balaban J connectivity index is 0.00000209. The number of benzene rings is 1. The van der Waals surface area contributed by atoms with Crippen molar-refractivity contribution in [1.82, 2.24) is 0 Å². The maximum absolute atomic E-state index is 11.6. The fourth-order valence-corrected chi connectivity index (χ4v) is 3.47. The third-order valence-electron chi connectivity index (χ3n) is 5.58. The smallest absolute Gasteiger partial charge is 0.221 e. The first-order valence-electron chi connectivity index (χ1n) is 12.8. The number of amides is 1. The molecular formula is C29H52N2O4. The van der Waals surface area contributed by atoms with Crippen molar-refractivity contribution in [3.8, 4) is 11.5 Å². The number of allylic oxidation sites excluding steroid dienone is 2. The zero-order valence-corrected chi connectivity index (χ0v) is 23.7. The molecule has 35 heavy (non-hydrogen) atoms. The third kappa shape index (κ3) is 16.3. The highest BCUT2D eigenvalue weighted by atomic mass is 16.5. The second kappa shape index (κ2) is 17.4. The lowest BCUT2D eigenvalue weighted by molar-refractivity contribution is -0.122.